The summed E-state index contributed by atoms with van der Waals surface area (Å²) >= 11 is 0. The van der Waals surface area contributed by atoms with Gasteiger partial charge in [-0.1, -0.05) is 0 Å². The summed E-state index contributed by atoms with van der Waals surface area (Å²) in [5.74, 6) is 0.930. The van der Waals surface area contributed by atoms with Gasteiger partial charge in [-0.25, -0.2) is 9.97 Å². The Bertz CT molecular complexity index is 584. The number of nitrogens with two attached hydrogens (primary N) is 1. The van der Waals surface area contributed by atoms with Gasteiger partial charge < -0.3 is 25.2 Å². The van der Waals surface area contributed by atoms with E-state index in [0.717, 1.165) is 63.9 Å². The second-order valence-electron chi connectivity index (χ2n) is 7.33. The minimum absolute atomic E-state index is 0.177. The van der Waals surface area contributed by atoms with Crippen LogP contribution in [0.5, 0.6) is 0 Å². The molecular weight excluding hydrogens is 358 g/mol. The third-order valence-electron chi connectivity index (χ3n) is 5.27. The van der Waals surface area contributed by atoms with E-state index in [1.807, 2.05) is 24.3 Å². The summed E-state index contributed by atoms with van der Waals surface area (Å²) in [7, 11) is 2.03. The quantitative estimate of drug-likeness (QED) is 0.476. The van der Waals surface area contributed by atoms with Crippen molar-refractivity contribution in [3.63, 3.8) is 0 Å². The number of rotatable bonds is 9. The van der Waals surface area contributed by atoms with E-state index in [9.17, 15) is 4.79 Å². The normalized spacial score (nSPS) is 18.5. The summed E-state index contributed by atoms with van der Waals surface area (Å²) < 4.78 is 5.68. The Balaban J connectivity index is 1.30. The number of hydrogen-bond acceptors (Lipinski definition) is 7. The van der Waals surface area contributed by atoms with Crippen LogP contribution in [-0.2, 0) is 16.1 Å². The fraction of sp³-hybridized carbons (Fsp3) is 0.737. The first-order chi connectivity index (χ1) is 13.8. The summed E-state index contributed by atoms with van der Waals surface area (Å²) in [6, 6.07) is 0. The van der Waals surface area contributed by atoms with Gasteiger partial charge in [0.25, 0.3) is 0 Å². The fourth-order valence-corrected chi connectivity index (χ4v) is 3.56. The van der Waals surface area contributed by atoms with Crippen LogP contribution in [0.4, 0.5) is 5.95 Å². The zero-order chi connectivity index (χ0) is 19.6. The van der Waals surface area contributed by atoms with Crippen molar-refractivity contribution in [2.75, 3.05) is 84.1 Å². The molecule has 9 heteroatoms. The average molecular weight is 393 g/mol. The first kappa shape index (κ1) is 20.9. The molecule has 1 aromatic rings. The van der Waals surface area contributed by atoms with E-state index in [1.165, 1.54) is 0 Å². The van der Waals surface area contributed by atoms with Crippen molar-refractivity contribution < 1.29 is 14.8 Å². The number of nitrogens with zero attached hydrogens (tertiary/aromatic N) is 5. The topological polar surface area (TPSA) is 90.4 Å². The highest BCUT2D eigenvalue weighted by Gasteiger charge is 2.22. The van der Waals surface area contributed by atoms with Crippen LogP contribution in [0.2, 0.25) is 0 Å². The van der Waals surface area contributed by atoms with Crippen molar-refractivity contribution in [3.05, 3.63) is 18.0 Å². The van der Waals surface area contributed by atoms with Crippen molar-refractivity contribution in [1.82, 2.24) is 25.1 Å². The number of nitrogens with one attached hydrogen (secondary N) is 1. The van der Waals surface area contributed by atoms with Crippen molar-refractivity contribution in [2.45, 2.75) is 13.0 Å². The van der Waals surface area contributed by atoms with Gasteiger partial charge in [-0.3, -0.25) is 9.69 Å². The summed E-state index contributed by atoms with van der Waals surface area (Å²) in [5, 5.41) is 5.44. The molecule has 156 valence electrons. The molecule has 28 heavy (non-hydrogen) atoms. The summed E-state index contributed by atoms with van der Waals surface area (Å²) in [4.78, 5) is 27.8. The number of amides is 1. The number of carbonyl (C=O) groups is 1. The largest absolute Gasteiger partial charge is 0.380 e. The van der Waals surface area contributed by atoms with Gasteiger partial charge in [-0.2, -0.15) is 0 Å². The van der Waals surface area contributed by atoms with Gasteiger partial charge in [0, 0.05) is 76.9 Å². The fourth-order valence-electron chi connectivity index (χ4n) is 3.56. The molecule has 0 unspecified atom stereocenters. The number of quaternary nitrogens is 1. The van der Waals surface area contributed by atoms with Gasteiger partial charge in [-0.15, -0.1) is 0 Å². The second kappa shape index (κ2) is 11.3. The molecule has 1 aromatic heterocycles. The molecule has 9 nitrogen and oxygen atoms in total. The molecule has 0 radical (unpaired) electrons. The SMILES string of the molecule is C[NH2+]Cc1cnc(N2CCN(C(=O)CCOCCN3CCNCC3)CC2)nc1. The van der Waals surface area contributed by atoms with Crippen LogP contribution in [0.25, 0.3) is 0 Å². The van der Waals surface area contributed by atoms with Crippen molar-refractivity contribution in [1.29, 1.82) is 0 Å². The average Bonchev–Trinajstić information content (AvgIpc) is 2.75. The highest BCUT2D eigenvalue weighted by Crippen LogP contribution is 2.11. The van der Waals surface area contributed by atoms with Crippen LogP contribution in [0.3, 0.4) is 0 Å². The zero-order valence-corrected chi connectivity index (χ0v) is 17.0. The third-order valence-corrected chi connectivity index (χ3v) is 5.27. The van der Waals surface area contributed by atoms with Crippen LogP contribution in [0.15, 0.2) is 12.4 Å². The van der Waals surface area contributed by atoms with E-state index in [0.29, 0.717) is 32.7 Å². The molecule has 3 rings (SSSR count). The molecule has 0 bridgehead atoms. The van der Waals surface area contributed by atoms with Crippen molar-refractivity contribution in [3.8, 4) is 0 Å². The first-order valence-corrected chi connectivity index (χ1v) is 10.4. The third kappa shape index (κ3) is 6.37. The van der Waals surface area contributed by atoms with Crippen LogP contribution >= 0.6 is 0 Å². The molecule has 2 aliphatic heterocycles. The first-order valence-electron chi connectivity index (χ1n) is 10.4. The molecule has 0 aromatic carbocycles. The van der Waals surface area contributed by atoms with Gasteiger partial charge >= 0.3 is 0 Å². The predicted octanol–water partition coefficient (Wildman–Crippen LogP) is -1.87. The van der Waals surface area contributed by atoms with Gasteiger partial charge in [0.15, 0.2) is 0 Å². The van der Waals surface area contributed by atoms with Gasteiger partial charge in [-0.05, 0) is 0 Å². The Morgan fingerprint density at radius 2 is 1.82 bits per heavy atom. The maximum atomic E-state index is 12.4. The number of aromatic nitrogens is 2. The van der Waals surface area contributed by atoms with Crippen LogP contribution in [0, 0.1) is 0 Å². The van der Waals surface area contributed by atoms with E-state index >= 15 is 0 Å². The Labute approximate surface area is 167 Å². The lowest BCUT2D eigenvalue weighted by atomic mass is 10.3. The molecule has 0 atom stereocenters. The summed E-state index contributed by atoms with van der Waals surface area (Å²) in [5.41, 5.74) is 1.12. The highest BCUT2D eigenvalue weighted by atomic mass is 16.5. The van der Waals surface area contributed by atoms with Crippen LogP contribution < -0.4 is 15.5 Å². The number of anilines is 1. The Hall–Kier alpha value is -1.81. The smallest absolute Gasteiger partial charge is 0.225 e. The van der Waals surface area contributed by atoms with Crippen molar-refractivity contribution in [2.24, 2.45) is 0 Å². The number of carbonyl (C=O) groups excluding carboxylic acids is 1. The lowest BCUT2D eigenvalue weighted by molar-refractivity contribution is -0.643. The Kier molecular flexibility index (Phi) is 8.41. The second-order valence-corrected chi connectivity index (χ2v) is 7.33. The summed E-state index contributed by atoms with van der Waals surface area (Å²) in [6.45, 7) is 10.3. The lowest BCUT2D eigenvalue weighted by Crippen LogP contribution is -2.77. The van der Waals surface area contributed by atoms with Crippen LogP contribution in [0.1, 0.15) is 12.0 Å². The molecule has 2 fully saturated rings. The van der Waals surface area contributed by atoms with E-state index in [2.05, 4.69) is 30.4 Å². The zero-order valence-electron chi connectivity index (χ0n) is 17.0. The minimum atomic E-state index is 0.177. The van der Waals surface area contributed by atoms with E-state index < -0.39 is 0 Å². The molecule has 0 saturated carbocycles. The molecule has 1 amide bonds. The predicted molar refractivity (Wildman–Crippen MR) is 107 cm³/mol. The molecule has 0 aliphatic carbocycles. The van der Waals surface area contributed by atoms with Gasteiger partial charge in [0.05, 0.1) is 26.7 Å². The number of ether oxygens (including phenoxy) is 1. The number of piperazine rings is 2. The Morgan fingerprint density at radius 1 is 1.11 bits per heavy atom. The highest BCUT2D eigenvalue weighted by molar-refractivity contribution is 5.76. The monoisotopic (exact) mass is 392 g/mol. The molecule has 3 heterocycles. The molecule has 2 aliphatic rings. The lowest BCUT2D eigenvalue weighted by Gasteiger charge is -2.34. The maximum Gasteiger partial charge on any atom is 0.225 e. The van der Waals surface area contributed by atoms with Gasteiger partial charge in [0.1, 0.15) is 6.54 Å². The molecule has 2 saturated heterocycles. The van der Waals surface area contributed by atoms with E-state index in [4.69, 9.17) is 4.74 Å². The van der Waals surface area contributed by atoms with E-state index in [1.54, 1.807) is 0 Å². The number of hydrogen-bond donors (Lipinski definition) is 2. The minimum Gasteiger partial charge on any atom is -0.380 e. The molecular formula is C19H34N7O2+. The van der Waals surface area contributed by atoms with Crippen LogP contribution in [-0.4, -0.2) is 105 Å². The standard InChI is InChI=1S/C19H33N7O2/c1-20-14-17-15-22-19(23-16-17)26-9-7-25(8-10-26)18(27)2-12-28-13-11-24-5-3-21-4-6-24/h15-16,20-21H,2-14H2,1H3/p+1. The molecule has 0 spiro atoms. The Morgan fingerprint density at radius 3 is 2.50 bits per heavy atom. The summed E-state index contributed by atoms with van der Waals surface area (Å²) in [6.07, 6.45) is 4.23. The van der Waals surface area contributed by atoms with Gasteiger partial charge in [0.2, 0.25) is 11.9 Å². The maximum absolute atomic E-state index is 12.4. The molecule has 3 N–H and O–H groups in total. The van der Waals surface area contributed by atoms with E-state index in [-0.39, 0.29) is 5.91 Å². The van der Waals surface area contributed by atoms with Crippen molar-refractivity contribution >= 4 is 11.9 Å².